The van der Waals surface area contributed by atoms with Gasteiger partial charge in [0, 0.05) is 10.8 Å². The van der Waals surface area contributed by atoms with Crippen LogP contribution in [0.15, 0.2) is 5.38 Å². The molecule has 1 saturated heterocycles. The molecule has 2 atom stereocenters. The van der Waals surface area contributed by atoms with Crippen molar-refractivity contribution >= 4 is 17.4 Å². The molecule has 1 aromatic heterocycles. The number of thiazole rings is 1. The van der Waals surface area contributed by atoms with E-state index in [0.29, 0.717) is 13.2 Å². The number of aliphatic hydroxyl groups is 1. The van der Waals surface area contributed by atoms with Gasteiger partial charge in [0.05, 0.1) is 37.6 Å². The van der Waals surface area contributed by atoms with Gasteiger partial charge in [-0.3, -0.25) is 0 Å². The number of ether oxygens (including phenoxy) is 1. The number of hydrogen-bond acceptors (Lipinski definition) is 5. The number of nitrogens with one attached hydrogen (secondary N) is 2. The molecule has 0 saturated carbocycles. The zero-order valence-electron chi connectivity index (χ0n) is 12.0. The van der Waals surface area contributed by atoms with Crippen molar-refractivity contribution in [3.8, 4) is 0 Å². The van der Waals surface area contributed by atoms with Gasteiger partial charge in [-0.25, -0.2) is 9.78 Å². The van der Waals surface area contributed by atoms with E-state index in [1.807, 2.05) is 5.38 Å². The maximum atomic E-state index is 11.7. The smallest absolute Gasteiger partial charge is 0.315 e. The predicted molar refractivity (Wildman–Crippen MR) is 76.8 cm³/mol. The zero-order chi connectivity index (χ0) is 14.8. The fourth-order valence-electron chi connectivity index (χ4n) is 1.79. The first-order valence-corrected chi connectivity index (χ1v) is 7.49. The molecule has 2 heterocycles. The number of carbonyl (C=O) groups is 1. The number of carbonyl (C=O) groups excluding carboxylic acids is 1. The van der Waals surface area contributed by atoms with Crippen LogP contribution in [0.2, 0.25) is 0 Å². The quantitative estimate of drug-likeness (QED) is 0.777. The number of hydrogen-bond donors (Lipinski definition) is 3. The third-order valence-corrected chi connectivity index (χ3v) is 3.94. The van der Waals surface area contributed by atoms with Crippen molar-refractivity contribution in [1.82, 2.24) is 15.6 Å². The average Bonchev–Trinajstić information content (AvgIpc) is 2.96. The van der Waals surface area contributed by atoms with Crippen LogP contribution in [0, 0.1) is 0 Å². The SMILES string of the molecule is CC(C)(C)c1csc(CNC(=O)N[C@@H]2COC[C@H]2O)n1. The minimum Gasteiger partial charge on any atom is -0.388 e. The Morgan fingerprint density at radius 2 is 2.30 bits per heavy atom. The summed E-state index contributed by atoms with van der Waals surface area (Å²) in [5.74, 6) is 0. The van der Waals surface area contributed by atoms with Gasteiger partial charge in [0.15, 0.2) is 0 Å². The lowest BCUT2D eigenvalue weighted by molar-refractivity contribution is 0.122. The highest BCUT2D eigenvalue weighted by Crippen LogP contribution is 2.23. The molecule has 3 N–H and O–H groups in total. The third kappa shape index (κ3) is 3.91. The predicted octanol–water partition coefficient (Wildman–Crippen LogP) is 0.999. The first-order chi connectivity index (χ1) is 9.36. The summed E-state index contributed by atoms with van der Waals surface area (Å²) < 4.78 is 5.07. The first kappa shape index (κ1) is 15.2. The van der Waals surface area contributed by atoms with E-state index in [4.69, 9.17) is 4.74 Å². The number of rotatable bonds is 3. The summed E-state index contributed by atoms with van der Waals surface area (Å²) in [7, 11) is 0. The lowest BCUT2D eigenvalue weighted by atomic mass is 9.93. The number of nitrogens with zero attached hydrogens (tertiary/aromatic N) is 1. The zero-order valence-corrected chi connectivity index (χ0v) is 12.8. The summed E-state index contributed by atoms with van der Waals surface area (Å²) in [5, 5.41) is 17.9. The van der Waals surface area contributed by atoms with E-state index in [-0.39, 0.29) is 24.1 Å². The molecule has 7 heteroatoms. The lowest BCUT2D eigenvalue weighted by Crippen LogP contribution is -2.47. The van der Waals surface area contributed by atoms with E-state index in [1.54, 1.807) is 0 Å². The Balaban J connectivity index is 1.80. The lowest BCUT2D eigenvalue weighted by Gasteiger charge is -2.15. The molecule has 0 aromatic carbocycles. The van der Waals surface area contributed by atoms with E-state index in [0.717, 1.165) is 10.7 Å². The second kappa shape index (κ2) is 6.07. The monoisotopic (exact) mass is 299 g/mol. The van der Waals surface area contributed by atoms with E-state index < -0.39 is 6.10 Å². The van der Waals surface area contributed by atoms with Crippen LogP contribution in [-0.4, -0.2) is 41.5 Å². The van der Waals surface area contributed by atoms with Crippen LogP contribution < -0.4 is 10.6 Å². The standard InChI is InChI=1S/C13H21N3O3S/c1-13(2,3)10-7-20-11(16-10)4-14-12(18)15-8-5-19-6-9(8)17/h7-9,17H,4-6H2,1-3H3,(H2,14,15,18)/t8-,9-/m1/s1. The minimum atomic E-state index is -0.631. The Kier molecular flexibility index (Phi) is 4.62. The molecule has 1 aliphatic rings. The molecule has 0 aliphatic carbocycles. The van der Waals surface area contributed by atoms with Crippen LogP contribution in [0.3, 0.4) is 0 Å². The summed E-state index contributed by atoms with van der Waals surface area (Å²) in [4.78, 5) is 16.2. The Bertz CT molecular complexity index is 470. The Hall–Kier alpha value is -1.18. The summed E-state index contributed by atoms with van der Waals surface area (Å²) in [6.07, 6.45) is -0.631. The van der Waals surface area contributed by atoms with Crippen molar-refractivity contribution in [3.63, 3.8) is 0 Å². The minimum absolute atomic E-state index is 0.0162. The van der Waals surface area contributed by atoms with Gasteiger partial charge in [-0.1, -0.05) is 20.8 Å². The highest BCUT2D eigenvalue weighted by Gasteiger charge is 2.27. The van der Waals surface area contributed by atoms with Gasteiger partial charge in [0.1, 0.15) is 5.01 Å². The van der Waals surface area contributed by atoms with Crippen molar-refractivity contribution in [2.75, 3.05) is 13.2 Å². The van der Waals surface area contributed by atoms with Crippen molar-refractivity contribution in [3.05, 3.63) is 16.1 Å². The summed E-state index contributed by atoms with van der Waals surface area (Å²) >= 11 is 1.53. The third-order valence-electron chi connectivity index (χ3n) is 3.09. The number of aromatic nitrogens is 1. The van der Waals surface area contributed by atoms with Crippen molar-refractivity contribution in [2.24, 2.45) is 0 Å². The second-order valence-corrected chi connectivity index (χ2v) is 6.86. The van der Waals surface area contributed by atoms with Crippen LogP contribution >= 0.6 is 11.3 Å². The van der Waals surface area contributed by atoms with Crippen LogP contribution in [-0.2, 0) is 16.7 Å². The molecule has 1 fully saturated rings. The summed E-state index contributed by atoms with van der Waals surface area (Å²) in [5.41, 5.74) is 1.04. The molecule has 0 bridgehead atoms. The van der Waals surface area contributed by atoms with Crippen LogP contribution in [0.5, 0.6) is 0 Å². The second-order valence-electron chi connectivity index (χ2n) is 5.91. The highest BCUT2D eigenvalue weighted by molar-refractivity contribution is 7.09. The van der Waals surface area contributed by atoms with Gasteiger partial charge in [-0.2, -0.15) is 0 Å². The van der Waals surface area contributed by atoms with Gasteiger partial charge >= 0.3 is 6.03 Å². The Morgan fingerprint density at radius 1 is 1.55 bits per heavy atom. The van der Waals surface area contributed by atoms with Gasteiger partial charge in [-0.15, -0.1) is 11.3 Å². The Morgan fingerprint density at radius 3 is 2.85 bits per heavy atom. The highest BCUT2D eigenvalue weighted by atomic mass is 32.1. The summed E-state index contributed by atoms with van der Waals surface area (Å²) in [6, 6.07) is -0.650. The fourth-order valence-corrected chi connectivity index (χ4v) is 2.75. The van der Waals surface area contributed by atoms with Crippen molar-refractivity contribution < 1.29 is 14.6 Å². The van der Waals surface area contributed by atoms with Gasteiger partial charge < -0.3 is 20.5 Å². The molecular weight excluding hydrogens is 278 g/mol. The van der Waals surface area contributed by atoms with Crippen LogP contribution in [0.4, 0.5) is 4.79 Å². The summed E-state index contributed by atoms with van der Waals surface area (Å²) in [6.45, 7) is 7.32. The molecule has 112 valence electrons. The van der Waals surface area contributed by atoms with Crippen LogP contribution in [0.1, 0.15) is 31.5 Å². The maximum Gasteiger partial charge on any atom is 0.315 e. The average molecular weight is 299 g/mol. The molecule has 0 spiro atoms. The van der Waals surface area contributed by atoms with Crippen molar-refractivity contribution in [2.45, 2.75) is 44.9 Å². The van der Waals surface area contributed by atoms with E-state index in [1.165, 1.54) is 11.3 Å². The molecule has 2 amide bonds. The van der Waals surface area contributed by atoms with E-state index in [2.05, 4.69) is 36.4 Å². The molecule has 1 aliphatic heterocycles. The normalized spacial score (nSPS) is 22.8. The largest absolute Gasteiger partial charge is 0.388 e. The molecular formula is C13H21N3O3S. The molecule has 0 unspecified atom stereocenters. The number of aliphatic hydroxyl groups excluding tert-OH is 1. The molecule has 20 heavy (non-hydrogen) atoms. The molecule has 2 rings (SSSR count). The Labute approximate surface area is 122 Å². The number of amides is 2. The topological polar surface area (TPSA) is 83.5 Å². The van der Waals surface area contributed by atoms with Gasteiger partial charge in [0.2, 0.25) is 0 Å². The maximum absolute atomic E-state index is 11.7. The fraction of sp³-hybridized carbons (Fsp3) is 0.692. The first-order valence-electron chi connectivity index (χ1n) is 6.61. The van der Waals surface area contributed by atoms with Crippen LogP contribution in [0.25, 0.3) is 0 Å². The van der Waals surface area contributed by atoms with E-state index >= 15 is 0 Å². The molecule has 1 aromatic rings. The number of urea groups is 1. The molecule has 0 radical (unpaired) electrons. The van der Waals surface area contributed by atoms with E-state index in [9.17, 15) is 9.90 Å². The molecule has 6 nitrogen and oxygen atoms in total. The van der Waals surface area contributed by atoms with Crippen molar-refractivity contribution in [1.29, 1.82) is 0 Å². The van der Waals surface area contributed by atoms with Gasteiger partial charge in [0.25, 0.3) is 0 Å². The van der Waals surface area contributed by atoms with Gasteiger partial charge in [-0.05, 0) is 0 Å².